The molecule has 1 saturated heterocycles. The van der Waals surface area contributed by atoms with Gasteiger partial charge in [-0.2, -0.15) is 0 Å². The third kappa shape index (κ3) is 3.31. The second-order valence-electron chi connectivity index (χ2n) is 6.07. The lowest BCUT2D eigenvalue weighted by Gasteiger charge is -2.33. The van der Waals surface area contributed by atoms with E-state index in [4.69, 9.17) is 6.42 Å². The van der Waals surface area contributed by atoms with Crippen LogP contribution in [0.25, 0.3) is 0 Å². The van der Waals surface area contributed by atoms with Crippen molar-refractivity contribution in [2.45, 2.75) is 70.0 Å². The molecule has 0 bridgehead atoms. The van der Waals surface area contributed by atoms with Crippen molar-refractivity contribution in [3.8, 4) is 12.3 Å². The maximum Gasteiger partial charge on any atom is 0.326 e. The van der Waals surface area contributed by atoms with Crippen LogP contribution in [-0.4, -0.2) is 40.1 Å². The maximum atomic E-state index is 12.5. The van der Waals surface area contributed by atoms with Crippen LogP contribution >= 0.6 is 0 Å². The predicted molar refractivity (Wildman–Crippen MR) is 79.7 cm³/mol. The highest BCUT2D eigenvalue weighted by atomic mass is 16.4. The molecule has 21 heavy (non-hydrogen) atoms. The van der Waals surface area contributed by atoms with E-state index in [9.17, 15) is 14.7 Å². The average molecular weight is 292 g/mol. The summed E-state index contributed by atoms with van der Waals surface area (Å²) in [5.41, 5.74) is 0. The molecule has 0 radical (unpaired) electrons. The van der Waals surface area contributed by atoms with Gasteiger partial charge in [-0.1, -0.05) is 32.1 Å². The summed E-state index contributed by atoms with van der Waals surface area (Å²) in [6, 6.07) is -1.29. The fourth-order valence-corrected chi connectivity index (χ4v) is 3.68. The molecule has 1 heterocycles. The molecule has 2 aliphatic rings. The van der Waals surface area contributed by atoms with Crippen molar-refractivity contribution in [3.63, 3.8) is 0 Å². The van der Waals surface area contributed by atoms with E-state index in [1.54, 1.807) is 4.90 Å². The Hall–Kier alpha value is -1.70. The first-order valence-corrected chi connectivity index (χ1v) is 7.86. The van der Waals surface area contributed by atoms with E-state index in [2.05, 4.69) is 11.2 Å². The number of carboxylic acids is 1. The molecule has 0 aromatic rings. The molecule has 5 nitrogen and oxygen atoms in total. The molecule has 0 spiro atoms. The van der Waals surface area contributed by atoms with E-state index in [1.807, 2.05) is 6.92 Å². The van der Waals surface area contributed by atoms with Gasteiger partial charge in [-0.05, 0) is 31.6 Å². The van der Waals surface area contributed by atoms with Crippen LogP contribution in [0.3, 0.4) is 0 Å². The number of aliphatic carboxylic acids is 1. The molecule has 2 amide bonds. The predicted octanol–water partition coefficient (Wildman–Crippen LogP) is 2.22. The number of nitrogens with one attached hydrogen (secondary N) is 1. The summed E-state index contributed by atoms with van der Waals surface area (Å²) in [6.07, 6.45) is 11.7. The number of nitrogens with zero attached hydrogens (tertiary/aromatic N) is 1. The second-order valence-corrected chi connectivity index (χ2v) is 6.07. The smallest absolute Gasteiger partial charge is 0.326 e. The molecule has 1 aliphatic heterocycles. The van der Waals surface area contributed by atoms with E-state index >= 15 is 0 Å². The number of amides is 2. The summed E-state index contributed by atoms with van der Waals surface area (Å²) < 4.78 is 0. The number of hydrogen-bond donors (Lipinski definition) is 2. The van der Waals surface area contributed by atoms with Gasteiger partial charge in [0, 0.05) is 6.04 Å². The van der Waals surface area contributed by atoms with Gasteiger partial charge in [0.1, 0.15) is 6.04 Å². The topological polar surface area (TPSA) is 69.6 Å². The van der Waals surface area contributed by atoms with E-state index < -0.39 is 12.0 Å². The lowest BCUT2D eigenvalue weighted by Crippen LogP contribution is -2.52. The summed E-state index contributed by atoms with van der Waals surface area (Å²) >= 11 is 0. The molecule has 2 N–H and O–H groups in total. The summed E-state index contributed by atoms with van der Waals surface area (Å²) in [7, 11) is 0. The zero-order valence-electron chi connectivity index (χ0n) is 12.5. The average Bonchev–Trinajstić information content (AvgIpc) is 2.86. The number of rotatable bonds is 4. The van der Waals surface area contributed by atoms with Crippen LogP contribution in [0.2, 0.25) is 0 Å². The third-order valence-electron chi connectivity index (χ3n) is 4.68. The number of carbonyl (C=O) groups is 2. The summed E-state index contributed by atoms with van der Waals surface area (Å²) in [4.78, 5) is 25.5. The zero-order chi connectivity index (χ0) is 15.4. The quantitative estimate of drug-likeness (QED) is 0.781. The Labute approximate surface area is 126 Å². The van der Waals surface area contributed by atoms with Crippen LogP contribution in [0, 0.1) is 18.3 Å². The maximum absolute atomic E-state index is 12.5. The molecule has 0 aromatic heterocycles. The minimum absolute atomic E-state index is 0.0555. The lowest BCUT2D eigenvalue weighted by atomic mass is 9.85. The van der Waals surface area contributed by atoms with Crippen LogP contribution in [0.4, 0.5) is 4.79 Å². The highest BCUT2D eigenvalue weighted by Crippen LogP contribution is 2.39. The van der Waals surface area contributed by atoms with Crippen LogP contribution in [-0.2, 0) is 4.79 Å². The van der Waals surface area contributed by atoms with Gasteiger partial charge < -0.3 is 15.3 Å². The number of carboxylic acid groups (broad SMARTS) is 1. The first kappa shape index (κ1) is 15.7. The van der Waals surface area contributed by atoms with E-state index in [1.165, 1.54) is 0 Å². The molecule has 0 aromatic carbocycles. The van der Waals surface area contributed by atoms with Crippen LogP contribution in [0.5, 0.6) is 0 Å². The van der Waals surface area contributed by atoms with E-state index in [-0.39, 0.29) is 18.1 Å². The Balaban J connectivity index is 2.11. The Morgan fingerprint density at radius 3 is 2.76 bits per heavy atom. The highest BCUT2D eigenvalue weighted by Gasteiger charge is 2.47. The fourth-order valence-electron chi connectivity index (χ4n) is 3.68. The molecule has 4 unspecified atom stereocenters. The SMILES string of the molecule is C#CC(CCC)NC(=O)N1C(C(=O)O)CC2CCCCC21. The summed E-state index contributed by atoms with van der Waals surface area (Å²) in [5.74, 6) is 1.98. The highest BCUT2D eigenvalue weighted by molar-refractivity contribution is 5.84. The van der Waals surface area contributed by atoms with E-state index in [0.717, 1.165) is 32.1 Å². The molecular weight excluding hydrogens is 268 g/mol. The molecule has 1 saturated carbocycles. The Kier molecular flexibility index (Phi) is 5.11. The van der Waals surface area contributed by atoms with E-state index in [0.29, 0.717) is 18.8 Å². The van der Waals surface area contributed by atoms with Crippen molar-refractivity contribution in [1.82, 2.24) is 10.2 Å². The van der Waals surface area contributed by atoms with Crippen molar-refractivity contribution in [2.75, 3.05) is 0 Å². The Morgan fingerprint density at radius 1 is 1.43 bits per heavy atom. The van der Waals surface area contributed by atoms with Gasteiger partial charge in [-0.3, -0.25) is 0 Å². The molecule has 5 heteroatoms. The molecule has 2 fully saturated rings. The number of urea groups is 1. The Bertz CT molecular complexity index is 443. The number of hydrogen-bond acceptors (Lipinski definition) is 2. The fraction of sp³-hybridized carbons (Fsp3) is 0.750. The van der Waals surface area contributed by atoms with Gasteiger partial charge in [0.05, 0.1) is 6.04 Å². The van der Waals surface area contributed by atoms with Crippen LogP contribution < -0.4 is 5.32 Å². The van der Waals surface area contributed by atoms with Crippen LogP contribution in [0.15, 0.2) is 0 Å². The lowest BCUT2D eigenvalue weighted by molar-refractivity contribution is -0.141. The number of terminal acetylenes is 1. The van der Waals surface area contributed by atoms with Gasteiger partial charge in [0.15, 0.2) is 0 Å². The van der Waals surface area contributed by atoms with Gasteiger partial charge >= 0.3 is 12.0 Å². The van der Waals surface area contributed by atoms with Crippen molar-refractivity contribution in [3.05, 3.63) is 0 Å². The zero-order valence-corrected chi connectivity index (χ0v) is 12.5. The first-order chi connectivity index (χ1) is 10.1. The first-order valence-electron chi connectivity index (χ1n) is 7.86. The molecule has 116 valence electrons. The van der Waals surface area contributed by atoms with Gasteiger partial charge in [0.2, 0.25) is 0 Å². The number of likely N-dealkylation sites (tertiary alicyclic amines) is 1. The van der Waals surface area contributed by atoms with Crippen molar-refractivity contribution >= 4 is 12.0 Å². The monoisotopic (exact) mass is 292 g/mol. The van der Waals surface area contributed by atoms with Crippen molar-refractivity contribution in [1.29, 1.82) is 0 Å². The third-order valence-corrected chi connectivity index (χ3v) is 4.68. The van der Waals surface area contributed by atoms with Gasteiger partial charge in [-0.25, -0.2) is 9.59 Å². The molecule has 4 atom stereocenters. The normalized spacial score (nSPS) is 29.3. The number of fused-ring (bicyclic) bond motifs is 1. The molecule has 1 aliphatic carbocycles. The summed E-state index contributed by atoms with van der Waals surface area (Å²) in [5, 5.41) is 12.2. The van der Waals surface area contributed by atoms with Gasteiger partial charge in [0.25, 0.3) is 0 Å². The number of carbonyl (C=O) groups excluding carboxylic acids is 1. The molecule has 2 rings (SSSR count). The molecular formula is C16H24N2O3. The van der Waals surface area contributed by atoms with Crippen molar-refractivity contribution < 1.29 is 14.7 Å². The van der Waals surface area contributed by atoms with Crippen molar-refractivity contribution in [2.24, 2.45) is 5.92 Å². The summed E-state index contributed by atoms with van der Waals surface area (Å²) in [6.45, 7) is 2.00. The minimum Gasteiger partial charge on any atom is -0.480 e. The van der Waals surface area contributed by atoms with Gasteiger partial charge in [-0.15, -0.1) is 6.42 Å². The Morgan fingerprint density at radius 2 is 2.14 bits per heavy atom. The second kappa shape index (κ2) is 6.84. The largest absolute Gasteiger partial charge is 0.480 e. The minimum atomic E-state index is -0.910. The standard InChI is InChI=1S/C16H24N2O3/c1-3-7-12(4-2)17-16(21)18-13-9-6-5-8-11(13)10-14(18)15(19)20/h2,11-14H,3,5-10H2,1H3,(H,17,21)(H,19,20). The van der Waals surface area contributed by atoms with Crippen LogP contribution in [0.1, 0.15) is 51.9 Å².